The van der Waals surface area contributed by atoms with E-state index in [1.807, 2.05) is 18.2 Å². The molecule has 0 saturated heterocycles. The number of rotatable bonds is 8. The number of hydrogen-bond donors (Lipinski definition) is 3. The highest BCUT2D eigenvalue weighted by atomic mass is 16.2. The molecule has 0 bridgehead atoms. The van der Waals surface area contributed by atoms with Crippen LogP contribution >= 0.6 is 0 Å². The van der Waals surface area contributed by atoms with Gasteiger partial charge >= 0.3 is 0 Å². The summed E-state index contributed by atoms with van der Waals surface area (Å²) in [6, 6.07) is 16.2. The lowest BCUT2D eigenvalue weighted by atomic mass is 10.1. The predicted molar refractivity (Wildman–Crippen MR) is 108 cm³/mol. The topological polar surface area (TPSA) is 90.5 Å². The van der Waals surface area contributed by atoms with Crippen LogP contribution in [0, 0.1) is 0 Å². The van der Waals surface area contributed by atoms with Crippen molar-refractivity contribution in [3.05, 3.63) is 60.2 Å². The van der Waals surface area contributed by atoms with E-state index in [-0.39, 0.29) is 30.8 Å². The van der Waals surface area contributed by atoms with Gasteiger partial charge in [0.1, 0.15) is 0 Å². The van der Waals surface area contributed by atoms with Gasteiger partial charge in [0.25, 0.3) is 5.91 Å². The summed E-state index contributed by atoms with van der Waals surface area (Å²) < 4.78 is 0. The van der Waals surface area contributed by atoms with Gasteiger partial charge in [0.2, 0.25) is 11.8 Å². The summed E-state index contributed by atoms with van der Waals surface area (Å²) in [5, 5.41) is 8.46. The molecule has 0 aliphatic heterocycles. The van der Waals surface area contributed by atoms with E-state index >= 15 is 0 Å². The van der Waals surface area contributed by atoms with Crippen LogP contribution in [0.2, 0.25) is 0 Å². The van der Waals surface area contributed by atoms with Crippen molar-refractivity contribution in [2.24, 2.45) is 0 Å². The van der Waals surface area contributed by atoms with E-state index in [2.05, 4.69) is 16.0 Å². The summed E-state index contributed by atoms with van der Waals surface area (Å²) in [4.78, 5) is 38.4. The van der Waals surface area contributed by atoms with Crippen molar-refractivity contribution >= 4 is 29.1 Å². The van der Waals surface area contributed by atoms with Crippen molar-refractivity contribution in [1.29, 1.82) is 0 Å². The summed E-state index contributed by atoms with van der Waals surface area (Å²) in [6.45, 7) is 0.201. The molecule has 0 radical (unpaired) electrons. The maximum absolute atomic E-state index is 12.6. The Labute approximate surface area is 164 Å². The summed E-state index contributed by atoms with van der Waals surface area (Å²) in [5.41, 5.74) is 1.47. The lowest BCUT2D eigenvalue weighted by Gasteiger charge is -2.17. The maximum Gasteiger partial charge on any atom is 0.257 e. The average molecular weight is 380 g/mol. The van der Waals surface area contributed by atoms with Gasteiger partial charge in [-0.05, 0) is 44.2 Å². The van der Waals surface area contributed by atoms with Gasteiger partial charge in [-0.15, -0.1) is 0 Å². The molecular weight excluding hydrogens is 356 g/mol. The number of para-hydroxylation sites is 2. The van der Waals surface area contributed by atoms with Crippen LogP contribution in [0.5, 0.6) is 0 Å². The van der Waals surface area contributed by atoms with Gasteiger partial charge in [-0.25, -0.2) is 0 Å². The highest BCUT2D eigenvalue weighted by Crippen LogP contribution is 2.19. The molecule has 1 aliphatic carbocycles. The fraction of sp³-hybridized carbons (Fsp3) is 0.286. The zero-order valence-corrected chi connectivity index (χ0v) is 15.8. The number of likely N-dealkylation sites (N-methyl/N-ethyl adjacent to an activating group) is 1. The number of carbonyl (C=O) groups is 3. The predicted octanol–water partition coefficient (Wildman–Crippen LogP) is 2.09. The fourth-order valence-electron chi connectivity index (χ4n) is 2.75. The van der Waals surface area contributed by atoms with Gasteiger partial charge in [0.15, 0.2) is 0 Å². The van der Waals surface area contributed by atoms with Crippen molar-refractivity contribution < 1.29 is 14.4 Å². The Bertz CT molecular complexity index is 850. The van der Waals surface area contributed by atoms with Gasteiger partial charge in [-0.1, -0.05) is 30.3 Å². The summed E-state index contributed by atoms with van der Waals surface area (Å²) in [5.74, 6) is -0.679. The van der Waals surface area contributed by atoms with Crippen LogP contribution in [0.3, 0.4) is 0 Å². The lowest BCUT2D eigenvalue weighted by Crippen LogP contribution is -2.39. The molecule has 1 aliphatic rings. The van der Waals surface area contributed by atoms with Crippen LogP contribution in [-0.4, -0.2) is 48.8 Å². The number of benzene rings is 2. The first-order valence-electron chi connectivity index (χ1n) is 9.24. The molecule has 3 rings (SSSR count). The Balaban J connectivity index is 1.56. The zero-order chi connectivity index (χ0) is 19.9. The Hall–Kier alpha value is -3.19. The van der Waals surface area contributed by atoms with Gasteiger partial charge in [0.05, 0.1) is 24.3 Å². The van der Waals surface area contributed by atoms with Crippen LogP contribution < -0.4 is 16.0 Å². The number of nitrogens with one attached hydrogen (secondary N) is 3. The third-order valence-electron chi connectivity index (χ3n) is 4.25. The SMILES string of the molecule is CN(CC(=O)Nc1ccccc1C(=O)Nc1ccccc1)CC(=O)NC1CC1. The monoisotopic (exact) mass is 380 g/mol. The third kappa shape index (κ3) is 5.92. The average Bonchev–Trinajstić information content (AvgIpc) is 3.46. The first kappa shape index (κ1) is 19.6. The Morgan fingerprint density at radius 2 is 1.54 bits per heavy atom. The van der Waals surface area contributed by atoms with E-state index in [1.54, 1.807) is 48.3 Å². The highest BCUT2D eigenvalue weighted by molar-refractivity contribution is 6.10. The molecule has 0 atom stereocenters. The maximum atomic E-state index is 12.6. The first-order valence-corrected chi connectivity index (χ1v) is 9.24. The van der Waals surface area contributed by atoms with Crippen molar-refractivity contribution in [2.75, 3.05) is 30.8 Å². The molecular formula is C21H24N4O3. The summed E-state index contributed by atoms with van der Waals surface area (Å²) >= 11 is 0. The summed E-state index contributed by atoms with van der Waals surface area (Å²) in [7, 11) is 1.71. The molecule has 1 saturated carbocycles. The quantitative estimate of drug-likeness (QED) is 0.654. The number of nitrogens with zero attached hydrogens (tertiary/aromatic N) is 1. The van der Waals surface area contributed by atoms with Crippen molar-refractivity contribution in [1.82, 2.24) is 10.2 Å². The molecule has 7 nitrogen and oxygen atoms in total. The second kappa shape index (κ2) is 9.14. The molecule has 3 N–H and O–H groups in total. The normalized spacial score (nSPS) is 13.1. The van der Waals surface area contributed by atoms with E-state index in [0.717, 1.165) is 12.8 Å². The van der Waals surface area contributed by atoms with Crippen molar-refractivity contribution in [3.63, 3.8) is 0 Å². The standard InChI is InChI=1S/C21H24N4O3/c1-25(13-19(26)22-16-11-12-16)14-20(27)24-18-10-6-5-9-17(18)21(28)23-15-7-3-2-4-8-15/h2-10,16H,11-14H2,1H3,(H,22,26)(H,23,28)(H,24,27). The van der Waals surface area contributed by atoms with Gasteiger partial charge in [0, 0.05) is 11.7 Å². The molecule has 7 heteroatoms. The molecule has 3 amide bonds. The number of hydrogen-bond acceptors (Lipinski definition) is 4. The smallest absolute Gasteiger partial charge is 0.257 e. The lowest BCUT2D eigenvalue weighted by molar-refractivity contribution is -0.123. The van der Waals surface area contributed by atoms with Gasteiger partial charge < -0.3 is 16.0 Å². The van der Waals surface area contributed by atoms with Gasteiger partial charge in [-0.2, -0.15) is 0 Å². The van der Waals surface area contributed by atoms with E-state index in [0.29, 0.717) is 23.0 Å². The molecule has 0 spiro atoms. The zero-order valence-electron chi connectivity index (χ0n) is 15.8. The Morgan fingerprint density at radius 3 is 2.25 bits per heavy atom. The molecule has 0 heterocycles. The Morgan fingerprint density at radius 1 is 0.893 bits per heavy atom. The molecule has 0 aromatic heterocycles. The molecule has 28 heavy (non-hydrogen) atoms. The number of anilines is 2. The number of carbonyl (C=O) groups excluding carboxylic acids is 3. The first-order chi connectivity index (χ1) is 13.5. The van der Waals surface area contributed by atoms with Crippen LogP contribution in [0.1, 0.15) is 23.2 Å². The van der Waals surface area contributed by atoms with E-state index in [4.69, 9.17) is 0 Å². The second-order valence-electron chi connectivity index (χ2n) is 6.93. The second-order valence-corrected chi connectivity index (χ2v) is 6.93. The molecule has 146 valence electrons. The highest BCUT2D eigenvalue weighted by Gasteiger charge is 2.24. The third-order valence-corrected chi connectivity index (χ3v) is 4.25. The minimum Gasteiger partial charge on any atom is -0.352 e. The van der Waals surface area contributed by atoms with Crippen LogP contribution in [0.15, 0.2) is 54.6 Å². The largest absolute Gasteiger partial charge is 0.352 e. The minimum absolute atomic E-state index is 0.0483. The van der Waals surface area contributed by atoms with Gasteiger partial charge in [-0.3, -0.25) is 19.3 Å². The minimum atomic E-state index is -0.306. The van der Waals surface area contributed by atoms with Crippen LogP contribution in [-0.2, 0) is 9.59 Å². The molecule has 0 unspecified atom stereocenters. The summed E-state index contributed by atoms with van der Waals surface area (Å²) in [6.07, 6.45) is 2.05. The van der Waals surface area contributed by atoms with Crippen LogP contribution in [0.4, 0.5) is 11.4 Å². The van der Waals surface area contributed by atoms with Crippen LogP contribution in [0.25, 0.3) is 0 Å². The molecule has 2 aromatic carbocycles. The molecule has 2 aromatic rings. The molecule has 1 fully saturated rings. The van der Waals surface area contributed by atoms with Crippen molar-refractivity contribution in [2.45, 2.75) is 18.9 Å². The van der Waals surface area contributed by atoms with Crippen molar-refractivity contribution in [3.8, 4) is 0 Å². The van der Waals surface area contributed by atoms with E-state index < -0.39 is 0 Å². The number of amides is 3. The fourth-order valence-corrected chi connectivity index (χ4v) is 2.75. The van der Waals surface area contributed by atoms with E-state index in [1.165, 1.54) is 0 Å². The van der Waals surface area contributed by atoms with E-state index in [9.17, 15) is 14.4 Å². The Kier molecular flexibility index (Phi) is 6.39.